The molecule has 0 heterocycles. The van der Waals surface area contributed by atoms with Gasteiger partial charge in [-0.15, -0.1) is 0 Å². The number of carbonyl (C=O) groups is 1. The highest BCUT2D eigenvalue weighted by molar-refractivity contribution is 5.97. The second kappa shape index (κ2) is 6.90. The molecule has 0 saturated heterocycles. The van der Waals surface area contributed by atoms with Crippen LogP contribution in [0, 0.1) is 5.82 Å². The summed E-state index contributed by atoms with van der Waals surface area (Å²) in [7, 11) is 0. The second-order valence-electron chi connectivity index (χ2n) is 5.30. The maximum absolute atomic E-state index is 13.5. The minimum atomic E-state index is -8.12. The SMILES string of the molecule is O=C(Nc1ccccc1F)C(F)(F)C(F)(F)C(F)(F)C(F)(F)C(F)(F)C(F)(F)F. The van der Waals surface area contributed by atoms with Crippen LogP contribution in [0.15, 0.2) is 24.3 Å². The summed E-state index contributed by atoms with van der Waals surface area (Å²) in [4.78, 5) is 11.2. The van der Waals surface area contributed by atoms with Crippen molar-refractivity contribution in [3.05, 3.63) is 30.1 Å². The molecule has 0 aliphatic carbocycles. The van der Waals surface area contributed by atoms with Gasteiger partial charge in [-0.05, 0) is 12.1 Å². The van der Waals surface area contributed by atoms with Crippen LogP contribution < -0.4 is 5.32 Å². The largest absolute Gasteiger partial charge is 0.460 e. The number of hydrogen-bond acceptors (Lipinski definition) is 1. The van der Waals surface area contributed by atoms with Gasteiger partial charge < -0.3 is 5.32 Å². The van der Waals surface area contributed by atoms with Crippen molar-refractivity contribution in [3.8, 4) is 0 Å². The Morgan fingerprint density at radius 3 is 1.48 bits per heavy atom. The Morgan fingerprint density at radius 2 is 1.07 bits per heavy atom. The standard InChI is InChI=1S/C13H5F14NO/c14-5-3-1-2-4-6(5)28-7(29)8(15,16)9(17,18)10(19,20)11(21,22)12(23,24)13(25,26)27/h1-4H,(H,28,29). The average Bonchev–Trinajstić information content (AvgIpc) is 2.55. The number of carbonyl (C=O) groups excluding carboxylic acids is 1. The predicted molar refractivity (Wildman–Crippen MR) is 65.8 cm³/mol. The summed E-state index contributed by atoms with van der Waals surface area (Å²) < 4.78 is 181. The lowest BCUT2D eigenvalue weighted by Crippen LogP contribution is -2.71. The van der Waals surface area contributed by atoms with E-state index < -0.39 is 53.2 Å². The molecule has 1 N–H and O–H groups in total. The van der Waals surface area contributed by atoms with E-state index in [1.807, 2.05) is 0 Å². The Morgan fingerprint density at radius 1 is 0.655 bits per heavy atom. The van der Waals surface area contributed by atoms with Gasteiger partial charge in [0, 0.05) is 0 Å². The summed E-state index contributed by atoms with van der Waals surface area (Å²) in [5.74, 6) is -44.1. The van der Waals surface area contributed by atoms with E-state index in [0.29, 0.717) is 17.4 Å². The Balaban J connectivity index is 3.42. The van der Waals surface area contributed by atoms with Gasteiger partial charge >= 0.3 is 41.7 Å². The lowest BCUT2D eigenvalue weighted by atomic mass is 9.93. The Hall–Kier alpha value is -2.29. The predicted octanol–water partition coefficient (Wildman–Crippen LogP) is 5.50. The molecule has 0 unspecified atom stereocenters. The number of alkyl halides is 13. The molecule has 0 saturated carbocycles. The summed E-state index contributed by atoms with van der Waals surface area (Å²) in [6.45, 7) is 0. The van der Waals surface area contributed by atoms with Crippen molar-refractivity contribution in [2.24, 2.45) is 0 Å². The molecule has 29 heavy (non-hydrogen) atoms. The summed E-state index contributed by atoms with van der Waals surface area (Å²) >= 11 is 0. The van der Waals surface area contributed by atoms with Crippen molar-refractivity contribution >= 4 is 11.6 Å². The van der Waals surface area contributed by atoms with Crippen molar-refractivity contribution < 1.29 is 66.3 Å². The van der Waals surface area contributed by atoms with E-state index in [1.165, 1.54) is 0 Å². The summed E-state index contributed by atoms with van der Waals surface area (Å²) in [6, 6.07) is 2.55. The first kappa shape index (κ1) is 24.7. The molecule has 0 atom stereocenters. The molecular weight excluding hydrogens is 452 g/mol. The zero-order chi connectivity index (χ0) is 23.3. The van der Waals surface area contributed by atoms with Crippen molar-refractivity contribution in [1.29, 1.82) is 0 Å². The third-order valence-electron chi connectivity index (χ3n) is 3.34. The van der Waals surface area contributed by atoms with E-state index in [9.17, 15) is 66.3 Å². The van der Waals surface area contributed by atoms with E-state index in [0.717, 1.165) is 12.1 Å². The van der Waals surface area contributed by atoms with Gasteiger partial charge in [-0.1, -0.05) is 12.1 Å². The molecule has 1 aromatic rings. The minimum Gasteiger partial charge on any atom is -0.318 e. The Kier molecular flexibility index (Phi) is 5.89. The minimum absolute atomic E-state index is 0.423. The van der Waals surface area contributed by atoms with Crippen LogP contribution in [0.1, 0.15) is 0 Å². The molecule has 0 bridgehead atoms. The lowest BCUT2D eigenvalue weighted by molar-refractivity contribution is -0.435. The van der Waals surface area contributed by atoms with E-state index in [1.54, 1.807) is 0 Å². The molecule has 0 fully saturated rings. The summed E-state index contributed by atoms with van der Waals surface area (Å²) in [5.41, 5.74) is -1.34. The monoisotopic (exact) mass is 457 g/mol. The summed E-state index contributed by atoms with van der Waals surface area (Å²) in [5, 5.41) is 0.617. The highest BCUT2D eigenvalue weighted by atomic mass is 19.4. The molecule has 0 radical (unpaired) electrons. The van der Waals surface area contributed by atoms with Gasteiger partial charge in [0.25, 0.3) is 0 Å². The fourth-order valence-corrected chi connectivity index (χ4v) is 1.68. The number of halogens is 14. The van der Waals surface area contributed by atoms with Crippen molar-refractivity contribution in [1.82, 2.24) is 0 Å². The molecule has 1 rings (SSSR count). The smallest absolute Gasteiger partial charge is 0.318 e. The van der Waals surface area contributed by atoms with Crippen LogP contribution in [-0.2, 0) is 4.79 Å². The van der Waals surface area contributed by atoms with E-state index in [4.69, 9.17) is 0 Å². The van der Waals surface area contributed by atoms with E-state index in [2.05, 4.69) is 0 Å². The maximum atomic E-state index is 13.5. The van der Waals surface area contributed by atoms with Gasteiger partial charge in [0.15, 0.2) is 0 Å². The van der Waals surface area contributed by atoms with Crippen LogP contribution >= 0.6 is 0 Å². The van der Waals surface area contributed by atoms with Crippen LogP contribution in [-0.4, -0.2) is 41.7 Å². The first-order chi connectivity index (χ1) is 12.7. The van der Waals surface area contributed by atoms with Crippen LogP contribution in [0.5, 0.6) is 0 Å². The third-order valence-corrected chi connectivity index (χ3v) is 3.34. The van der Waals surface area contributed by atoms with E-state index in [-0.39, 0.29) is 0 Å². The van der Waals surface area contributed by atoms with Crippen LogP contribution in [0.2, 0.25) is 0 Å². The van der Waals surface area contributed by atoms with Crippen LogP contribution in [0.3, 0.4) is 0 Å². The molecule has 0 aliphatic heterocycles. The van der Waals surface area contributed by atoms with Gasteiger partial charge in [-0.3, -0.25) is 4.79 Å². The normalized spacial score (nSPS) is 14.7. The molecular formula is C13H5F14NO. The van der Waals surface area contributed by atoms with E-state index >= 15 is 0 Å². The van der Waals surface area contributed by atoms with Crippen molar-refractivity contribution in [3.63, 3.8) is 0 Å². The highest BCUT2D eigenvalue weighted by Crippen LogP contribution is 2.60. The highest BCUT2D eigenvalue weighted by Gasteiger charge is 2.91. The molecule has 1 amide bonds. The van der Waals surface area contributed by atoms with Gasteiger partial charge in [0.05, 0.1) is 5.69 Å². The fraction of sp³-hybridized carbons (Fsp3) is 0.462. The average molecular weight is 457 g/mol. The van der Waals surface area contributed by atoms with Crippen molar-refractivity contribution in [2.45, 2.75) is 35.8 Å². The number of benzene rings is 1. The molecule has 2 nitrogen and oxygen atoms in total. The number of anilines is 1. The van der Waals surface area contributed by atoms with Gasteiger partial charge in [0.2, 0.25) is 0 Å². The van der Waals surface area contributed by atoms with Crippen LogP contribution in [0.25, 0.3) is 0 Å². The maximum Gasteiger partial charge on any atom is 0.460 e. The molecule has 16 heteroatoms. The number of para-hydroxylation sites is 1. The Bertz CT molecular complexity index is 769. The number of nitrogens with one attached hydrogen (secondary N) is 1. The van der Waals surface area contributed by atoms with Gasteiger partial charge in [-0.25, -0.2) is 4.39 Å². The van der Waals surface area contributed by atoms with Crippen molar-refractivity contribution in [2.75, 3.05) is 5.32 Å². The molecule has 1 aromatic carbocycles. The zero-order valence-corrected chi connectivity index (χ0v) is 13.0. The zero-order valence-electron chi connectivity index (χ0n) is 13.0. The topological polar surface area (TPSA) is 29.1 Å². The van der Waals surface area contributed by atoms with Crippen LogP contribution in [0.4, 0.5) is 67.2 Å². The summed E-state index contributed by atoms with van der Waals surface area (Å²) in [6.07, 6.45) is -7.55. The lowest BCUT2D eigenvalue weighted by Gasteiger charge is -2.39. The third kappa shape index (κ3) is 3.56. The molecule has 0 aromatic heterocycles. The number of amides is 1. The molecule has 0 aliphatic rings. The first-order valence-electron chi connectivity index (χ1n) is 6.68. The first-order valence-corrected chi connectivity index (χ1v) is 6.68. The second-order valence-corrected chi connectivity index (χ2v) is 5.30. The fourth-order valence-electron chi connectivity index (χ4n) is 1.68. The van der Waals surface area contributed by atoms with Gasteiger partial charge in [-0.2, -0.15) is 57.1 Å². The van der Waals surface area contributed by atoms with Gasteiger partial charge in [0.1, 0.15) is 5.82 Å². The number of hydrogen-bond donors (Lipinski definition) is 1. The Labute approximate surface area is 150 Å². The molecule has 166 valence electrons. The quantitative estimate of drug-likeness (QED) is 0.562. The number of rotatable bonds is 6. The molecule has 0 spiro atoms.